The number of nitro groups is 1. The van der Waals surface area contributed by atoms with Crippen LogP contribution in [0.1, 0.15) is 18.2 Å². The van der Waals surface area contributed by atoms with E-state index in [1.54, 1.807) is 36.8 Å². The maximum absolute atomic E-state index is 11.7. The lowest BCUT2D eigenvalue weighted by Crippen LogP contribution is -2.01. The third kappa shape index (κ3) is 2.86. The molecule has 0 aliphatic carbocycles. The molecule has 2 aromatic carbocycles. The molecule has 3 rings (SSSR count). The molecule has 136 valence electrons. The van der Waals surface area contributed by atoms with Crippen molar-refractivity contribution in [2.45, 2.75) is 20.5 Å². The number of fused-ring (bicyclic) bond motifs is 1. The van der Waals surface area contributed by atoms with Crippen LogP contribution in [0.2, 0.25) is 0 Å². The smallest absolute Gasteiger partial charge is 0.298 e. The van der Waals surface area contributed by atoms with E-state index in [0.717, 1.165) is 5.69 Å². The van der Waals surface area contributed by atoms with Crippen molar-refractivity contribution in [3.63, 3.8) is 0 Å². The summed E-state index contributed by atoms with van der Waals surface area (Å²) in [4.78, 5) is 11.3. The highest BCUT2D eigenvalue weighted by atomic mass is 16.6. The summed E-state index contributed by atoms with van der Waals surface area (Å²) < 4.78 is 12.4. The third-order valence-corrected chi connectivity index (χ3v) is 4.38. The van der Waals surface area contributed by atoms with Gasteiger partial charge in [0.1, 0.15) is 11.5 Å². The fourth-order valence-corrected chi connectivity index (χ4v) is 3.17. The lowest BCUT2D eigenvalue weighted by atomic mass is 10.1. The number of hydrogen-bond acceptors (Lipinski definition) is 5. The van der Waals surface area contributed by atoms with Gasteiger partial charge in [-0.05, 0) is 50.2 Å². The molecule has 0 bridgehead atoms. The molecule has 0 spiro atoms. The SMILES string of the molecule is CCOCc1c(O)ccc2c([N+](=O)[O-])c(C)n(-c3ccc(OC)cc3)c12. The fourth-order valence-electron chi connectivity index (χ4n) is 3.17. The molecule has 0 radical (unpaired) electrons. The minimum atomic E-state index is -0.390. The second-order valence-corrected chi connectivity index (χ2v) is 5.82. The van der Waals surface area contributed by atoms with Gasteiger partial charge in [0.05, 0.1) is 35.2 Å². The Labute approximate surface area is 150 Å². The number of benzene rings is 2. The summed E-state index contributed by atoms with van der Waals surface area (Å²) in [5, 5.41) is 22.5. The molecule has 0 fully saturated rings. The quantitative estimate of drug-likeness (QED) is 0.531. The van der Waals surface area contributed by atoms with Gasteiger partial charge < -0.3 is 19.1 Å². The summed E-state index contributed by atoms with van der Waals surface area (Å²) in [6.45, 7) is 4.19. The van der Waals surface area contributed by atoms with E-state index in [-0.39, 0.29) is 23.0 Å². The predicted molar refractivity (Wildman–Crippen MR) is 98.2 cm³/mol. The van der Waals surface area contributed by atoms with Crippen molar-refractivity contribution < 1.29 is 19.5 Å². The van der Waals surface area contributed by atoms with Crippen LogP contribution in [0.15, 0.2) is 36.4 Å². The molecular weight excluding hydrogens is 336 g/mol. The van der Waals surface area contributed by atoms with E-state index in [2.05, 4.69) is 0 Å². The number of aromatic hydroxyl groups is 1. The van der Waals surface area contributed by atoms with Crippen LogP contribution in [-0.4, -0.2) is 28.3 Å². The summed E-state index contributed by atoms with van der Waals surface area (Å²) >= 11 is 0. The Hall–Kier alpha value is -3.06. The maximum Gasteiger partial charge on any atom is 0.298 e. The van der Waals surface area contributed by atoms with Crippen LogP contribution in [0.3, 0.4) is 0 Å². The first-order chi connectivity index (χ1) is 12.5. The lowest BCUT2D eigenvalue weighted by molar-refractivity contribution is -0.383. The van der Waals surface area contributed by atoms with Gasteiger partial charge in [-0.1, -0.05) is 0 Å². The molecular formula is C19H20N2O5. The monoisotopic (exact) mass is 356 g/mol. The fraction of sp³-hybridized carbons (Fsp3) is 0.263. The zero-order valence-electron chi connectivity index (χ0n) is 14.9. The molecule has 3 aromatic rings. The standard InChI is InChI=1S/C19H20N2O5/c1-4-26-11-16-17(22)10-9-15-18(21(23)24)12(2)20(19(15)16)13-5-7-14(25-3)8-6-13/h5-10,22H,4,11H2,1-3H3. The van der Waals surface area contributed by atoms with Gasteiger partial charge in [-0.2, -0.15) is 0 Å². The van der Waals surface area contributed by atoms with Gasteiger partial charge in [0, 0.05) is 17.9 Å². The van der Waals surface area contributed by atoms with Crippen LogP contribution in [0.5, 0.6) is 11.5 Å². The summed E-state index contributed by atoms with van der Waals surface area (Å²) in [6, 6.07) is 10.3. The van der Waals surface area contributed by atoms with Gasteiger partial charge in [0.25, 0.3) is 5.69 Å². The molecule has 0 aliphatic heterocycles. The second-order valence-electron chi connectivity index (χ2n) is 5.82. The minimum Gasteiger partial charge on any atom is -0.508 e. The molecule has 26 heavy (non-hydrogen) atoms. The Bertz CT molecular complexity index is 960. The van der Waals surface area contributed by atoms with Crippen LogP contribution in [0.25, 0.3) is 16.6 Å². The average Bonchev–Trinajstić information content (AvgIpc) is 2.93. The minimum absolute atomic E-state index is 0.0218. The van der Waals surface area contributed by atoms with Crippen molar-refractivity contribution in [1.82, 2.24) is 4.57 Å². The molecule has 0 unspecified atom stereocenters. The molecule has 1 heterocycles. The largest absolute Gasteiger partial charge is 0.508 e. The van der Waals surface area contributed by atoms with Gasteiger partial charge in [0.15, 0.2) is 0 Å². The van der Waals surface area contributed by atoms with Gasteiger partial charge in [-0.15, -0.1) is 0 Å². The molecule has 0 atom stereocenters. The van der Waals surface area contributed by atoms with Crippen molar-refractivity contribution in [3.05, 3.63) is 57.8 Å². The number of ether oxygens (including phenoxy) is 2. The third-order valence-electron chi connectivity index (χ3n) is 4.38. The number of nitrogens with zero attached hydrogens (tertiary/aromatic N) is 2. The van der Waals surface area contributed by atoms with Crippen LogP contribution >= 0.6 is 0 Å². The maximum atomic E-state index is 11.7. The van der Waals surface area contributed by atoms with Gasteiger partial charge in [0.2, 0.25) is 0 Å². The predicted octanol–water partition coefficient (Wildman–Crippen LogP) is 4.10. The van der Waals surface area contributed by atoms with E-state index in [0.29, 0.717) is 34.5 Å². The van der Waals surface area contributed by atoms with Gasteiger partial charge >= 0.3 is 0 Å². The first kappa shape index (κ1) is 17.8. The van der Waals surface area contributed by atoms with E-state index >= 15 is 0 Å². The molecule has 0 saturated carbocycles. The summed E-state index contributed by atoms with van der Waals surface area (Å²) in [6.07, 6.45) is 0. The Morgan fingerprint density at radius 3 is 2.46 bits per heavy atom. The number of hydrogen-bond donors (Lipinski definition) is 1. The molecule has 0 amide bonds. The van der Waals surface area contributed by atoms with Crippen LogP contribution in [0.4, 0.5) is 5.69 Å². The van der Waals surface area contributed by atoms with E-state index in [9.17, 15) is 15.2 Å². The Kier molecular flexibility index (Phi) is 4.81. The van der Waals surface area contributed by atoms with Crippen LogP contribution in [0, 0.1) is 17.0 Å². The normalized spacial score (nSPS) is 11.0. The van der Waals surface area contributed by atoms with Crippen LogP contribution in [-0.2, 0) is 11.3 Å². The molecule has 0 saturated heterocycles. The zero-order valence-corrected chi connectivity index (χ0v) is 14.9. The van der Waals surface area contributed by atoms with Crippen molar-refractivity contribution in [2.24, 2.45) is 0 Å². The first-order valence-corrected chi connectivity index (χ1v) is 8.22. The Balaban J connectivity index is 2.36. The van der Waals surface area contributed by atoms with Crippen molar-refractivity contribution in [3.8, 4) is 17.2 Å². The highest BCUT2D eigenvalue weighted by Crippen LogP contribution is 2.40. The Morgan fingerprint density at radius 2 is 1.88 bits per heavy atom. The van der Waals surface area contributed by atoms with Crippen molar-refractivity contribution in [1.29, 1.82) is 0 Å². The molecule has 7 heteroatoms. The van der Waals surface area contributed by atoms with Crippen LogP contribution < -0.4 is 4.74 Å². The Morgan fingerprint density at radius 1 is 1.19 bits per heavy atom. The number of phenolic OH excluding ortho intramolecular Hbond substituents is 1. The molecule has 7 nitrogen and oxygen atoms in total. The van der Waals surface area contributed by atoms with Gasteiger partial charge in [-0.25, -0.2) is 0 Å². The average molecular weight is 356 g/mol. The molecule has 0 aliphatic rings. The number of aromatic nitrogens is 1. The second kappa shape index (κ2) is 7.05. The summed E-state index contributed by atoms with van der Waals surface area (Å²) in [5.74, 6) is 0.739. The summed E-state index contributed by atoms with van der Waals surface area (Å²) in [7, 11) is 1.58. The highest BCUT2D eigenvalue weighted by molar-refractivity contribution is 5.96. The van der Waals surface area contributed by atoms with E-state index in [4.69, 9.17) is 9.47 Å². The number of methoxy groups -OCH3 is 1. The molecule has 1 N–H and O–H groups in total. The van der Waals surface area contributed by atoms with Crippen molar-refractivity contribution in [2.75, 3.05) is 13.7 Å². The van der Waals surface area contributed by atoms with E-state index < -0.39 is 0 Å². The zero-order chi connectivity index (χ0) is 18.8. The van der Waals surface area contributed by atoms with E-state index in [1.807, 2.05) is 19.1 Å². The first-order valence-electron chi connectivity index (χ1n) is 8.22. The molecule has 1 aromatic heterocycles. The van der Waals surface area contributed by atoms with Gasteiger partial charge in [-0.3, -0.25) is 10.1 Å². The van der Waals surface area contributed by atoms with Crippen molar-refractivity contribution >= 4 is 16.6 Å². The lowest BCUT2D eigenvalue weighted by Gasteiger charge is -2.13. The topological polar surface area (TPSA) is 86.8 Å². The highest BCUT2D eigenvalue weighted by Gasteiger charge is 2.27. The van der Waals surface area contributed by atoms with E-state index in [1.165, 1.54) is 6.07 Å². The number of rotatable bonds is 6. The number of phenols is 1. The summed E-state index contributed by atoms with van der Waals surface area (Å²) in [5.41, 5.74) is 2.35.